The zero-order chi connectivity index (χ0) is 9.26. The van der Waals surface area contributed by atoms with Gasteiger partial charge in [-0.05, 0) is 6.08 Å². The van der Waals surface area contributed by atoms with Gasteiger partial charge in [-0.15, -0.1) is 0 Å². The molecule has 2 aliphatic heterocycles. The lowest BCUT2D eigenvalue weighted by Crippen LogP contribution is -2.50. The molecule has 0 N–H and O–H groups in total. The van der Waals surface area contributed by atoms with Gasteiger partial charge in [-0.1, -0.05) is 0 Å². The maximum atomic E-state index is 11.1. The fourth-order valence-corrected chi connectivity index (χ4v) is 1.60. The molecule has 1 saturated heterocycles. The smallest absolute Gasteiger partial charge is 0.219 e. The van der Waals surface area contributed by atoms with E-state index < -0.39 is 0 Å². The molecule has 2 heterocycles. The van der Waals surface area contributed by atoms with Crippen LogP contribution in [0.4, 0.5) is 0 Å². The zero-order valence-electron chi connectivity index (χ0n) is 7.73. The predicted molar refractivity (Wildman–Crippen MR) is 50.4 cm³/mol. The van der Waals surface area contributed by atoms with Gasteiger partial charge >= 0.3 is 0 Å². The normalized spacial score (nSPS) is 21.2. The van der Waals surface area contributed by atoms with Gasteiger partial charge in [0.1, 0.15) is 5.84 Å². The Morgan fingerprint density at radius 3 is 3.15 bits per heavy atom. The number of nitrogens with zero attached hydrogens (tertiary/aromatic N) is 3. The number of carbonyl (C=O) groups excluding carboxylic acids is 1. The minimum absolute atomic E-state index is 0.136. The molecule has 0 unspecified atom stereocenters. The maximum absolute atomic E-state index is 11.1. The standard InChI is InChI=1S/C9H13N3O/c1-8(13)12-6-5-11-4-2-3-10-9(11)7-12/h2,4H,3,5-7H2,1H3. The van der Waals surface area contributed by atoms with Crippen LogP contribution in [0.2, 0.25) is 0 Å². The number of hydrogen-bond donors (Lipinski definition) is 0. The van der Waals surface area contributed by atoms with Crippen LogP contribution >= 0.6 is 0 Å². The Morgan fingerprint density at radius 1 is 1.54 bits per heavy atom. The second-order valence-corrected chi connectivity index (χ2v) is 3.28. The number of piperazine rings is 1. The summed E-state index contributed by atoms with van der Waals surface area (Å²) >= 11 is 0. The molecule has 0 aromatic rings. The Morgan fingerprint density at radius 2 is 2.38 bits per heavy atom. The molecule has 1 fully saturated rings. The van der Waals surface area contributed by atoms with Crippen LogP contribution in [0.1, 0.15) is 6.92 Å². The highest BCUT2D eigenvalue weighted by atomic mass is 16.2. The molecule has 4 nitrogen and oxygen atoms in total. The van der Waals surface area contributed by atoms with Gasteiger partial charge in [-0.3, -0.25) is 9.79 Å². The molecule has 0 aromatic heterocycles. The largest absolute Gasteiger partial charge is 0.334 e. The molecular formula is C9H13N3O. The van der Waals surface area contributed by atoms with Crippen molar-refractivity contribution in [2.24, 2.45) is 4.99 Å². The van der Waals surface area contributed by atoms with Crippen LogP contribution in [0.5, 0.6) is 0 Å². The number of rotatable bonds is 0. The third kappa shape index (κ3) is 1.56. The van der Waals surface area contributed by atoms with Crippen molar-refractivity contribution in [3.8, 4) is 0 Å². The number of amidine groups is 1. The van der Waals surface area contributed by atoms with Gasteiger partial charge in [-0.2, -0.15) is 0 Å². The van der Waals surface area contributed by atoms with E-state index in [-0.39, 0.29) is 5.91 Å². The van der Waals surface area contributed by atoms with E-state index in [1.807, 2.05) is 11.0 Å². The van der Waals surface area contributed by atoms with Crippen molar-refractivity contribution >= 4 is 11.7 Å². The van der Waals surface area contributed by atoms with E-state index in [1.165, 1.54) is 0 Å². The SMILES string of the molecule is CC(=O)N1CCN2C=CCN=C2C1. The lowest BCUT2D eigenvalue weighted by atomic mass is 10.3. The van der Waals surface area contributed by atoms with E-state index in [0.717, 1.165) is 25.5 Å². The third-order valence-corrected chi connectivity index (χ3v) is 2.38. The summed E-state index contributed by atoms with van der Waals surface area (Å²) < 4.78 is 0. The lowest BCUT2D eigenvalue weighted by Gasteiger charge is -2.35. The van der Waals surface area contributed by atoms with Gasteiger partial charge in [0.15, 0.2) is 0 Å². The average molecular weight is 179 g/mol. The van der Waals surface area contributed by atoms with Crippen molar-refractivity contribution < 1.29 is 4.79 Å². The summed E-state index contributed by atoms with van der Waals surface area (Å²) in [6.45, 7) is 4.69. The lowest BCUT2D eigenvalue weighted by molar-refractivity contribution is -0.128. The molecule has 2 aliphatic rings. The molecule has 0 radical (unpaired) electrons. The maximum Gasteiger partial charge on any atom is 0.219 e. The van der Waals surface area contributed by atoms with E-state index in [4.69, 9.17) is 0 Å². The van der Waals surface area contributed by atoms with Gasteiger partial charge in [0, 0.05) is 26.2 Å². The van der Waals surface area contributed by atoms with Crippen molar-refractivity contribution in [2.45, 2.75) is 6.92 Å². The van der Waals surface area contributed by atoms with Gasteiger partial charge in [0.25, 0.3) is 0 Å². The Bertz CT molecular complexity index is 283. The number of aliphatic imine (C=N–C) groups is 1. The van der Waals surface area contributed by atoms with Gasteiger partial charge < -0.3 is 9.80 Å². The molecular weight excluding hydrogens is 166 g/mol. The van der Waals surface area contributed by atoms with E-state index in [1.54, 1.807) is 6.92 Å². The minimum atomic E-state index is 0.136. The van der Waals surface area contributed by atoms with E-state index in [2.05, 4.69) is 16.1 Å². The molecule has 13 heavy (non-hydrogen) atoms. The Hall–Kier alpha value is -1.32. The van der Waals surface area contributed by atoms with Crippen LogP contribution < -0.4 is 0 Å². The van der Waals surface area contributed by atoms with Crippen LogP contribution in [0.15, 0.2) is 17.3 Å². The monoisotopic (exact) mass is 179 g/mol. The first-order valence-electron chi connectivity index (χ1n) is 4.49. The molecule has 0 aromatic carbocycles. The van der Waals surface area contributed by atoms with Crippen LogP contribution in [0.25, 0.3) is 0 Å². The first-order valence-corrected chi connectivity index (χ1v) is 4.49. The van der Waals surface area contributed by atoms with E-state index in [0.29, 0.717) is 6.54 Å². The van der Waals surface area contributed by atoms with E-state index >= 15 is 0 Å². The third-order valence-electron chi connectivity index (χ3n) is 2.38. The predicted octanol–water partition coefficient (Wildman–Crippen LogP) is 0.0763. The summed E-state index contributed by atoms with van der Waals surface area (Å²) in [7, 11) is 0. The Labute approximate surface area is 77.5 Å². The summed E-state index contributed by atoms with van der Waals surface area (Å²) in [6, 6.07) is 0. The molecule has 4 heteroatoms. The summed E-state index contributed by atoms with van der Waals surface area (Å²) in [5, 5.41) is 0. The molecule has 70 valence electrons. The Kier molecular flexibility index (Phi) is 2.04. The summed E-state index contributed by atoms with van der Waals surface area (Å²) in [4.78, 5) is 19.4. The van der Waals surface area contributed by atoms with Gasteiger partial charge in [0.05, 0.1) is 13.1 Å². The van der Waals surface area contributed by atoms with Crippen LogP contribution in [0.3, 0.4) is 0 Å². The van der Waals surface area contributed by atoms with Gasteiger partial charge in [-0.25, -0.2) is 0 Å². The zero-order valence-corrected chi connectivity index (χ0v) is 7.73. The van der Waals surface area contributed by atoms with Crippen molar-refractivity contribution in [3.05, 3.63) is 12.3 Å². The second-order valence-electron chi connectivity index (χ2n) is 3.28. The topological polar surface area (TPSA) is 35.9 Å². The minimum Gasteiger partial charge on any atom is -0.334 e. The van der Waals surface area contributed by atoms with Crippen molar-refractivity contribution in [1.29, 1.82) is 0 Å². The second kappa shape index (κ2) is 3.20. The fraction of sp³-hybridized carbons (Fsp3) is 0.556. The van der Waals surface area contributed by atoms with Crippen molar-refractivity contribution in [1.82, 2.24) is 9.80 Å². The van der Waals surface area contributed by atoms with Crippen LogP contribution in [0, 0.1) is 0 Å². The summed E-state index contributed by atoms with van der Waals surface area (Å²) in [6.07, 6.45) is 4.09. The highest BCUT2D eigenvalue weighted by Gasteiger charge is 2.22. The van der Waals surface area contributed by atoms with Crippen LogP contribution in [-0.2, 0) is 4.79 Å². The van der Waals surface area contributed by atoms with Crippen LogP contribution in [-0.4, -0.2) is 47.7 Å². The number of amides is 1. The molecule has 0 aliphatic carbocycles. The summed E-state index contributed by atoms with van der Waals surface area (Å²) in [5.41, 5.74) is 0. The fourth-order valence-electron chi connectivity index (χ4n) is 1.60. The first-order chi connectivity index (χ1) is 6.27. The number of fused-ring (bicyclic) bond motifs is 1. The van der Waals surface area contributed by atoms with Crippen molar-refractivity contribution in [3.63, 3.8) is 0 Å². The van der Waals surface area contributed by atoms with E-state index in [9.17, 15) is 4.79 Å². The summed E-state index contributed by atoms with van der Waals surface area (Å²) in [5.74, 6) is 1.15. The highest BCUT2D eigenvalue weighted by molar-refractivity contribution is 5.90. The molecule has 0 bridgehead atoms. The van der Waals surface area contributed by atoms with Crippen molar-refractivity contribution in [2.75, 3.05) is 26.2 Å². The Balaban J connectivity index is 2.08. The molecule has 0 atom stereocenters. The molecule has 0 spiro atoms. The molecule has 2 rings (SSSR count). The molecule has 0 saturated carbocycles. The first kappa shape index (κ1) is 8.29. The average Bonchev–Trinajstić information content (AvgIpc) is 2.17. The number of carbonyl (C=O) groups is 1. The quantitative estimate of drug-likeness (QED) is 0.528. The molecule has 1 amide bonds. The number of hydrogen-bond acceptors (Lipinski definition) is 3. The van der Waals surface area contributed by atoms with Gasteiger partial charge in [0.2, 0.25) is 5.91 Å². The highest BCUT2D eigenvalue weighted by Crippen LogP contribution is 2.08.